The smallest absolute Gasteiger partial charge is 0.490 e. The molecule has 2 aromatic carbocycles. The maximum Gasteiger partial charge on any atom is 0.495 e. The molecule has 3 aliphatic heterocycles. The van der Waals surface area contributed by atoms with Crippen molar-refractivity contribution in [1.29, 1.82) is 0 Å². The van der Waals surface area contributed by atoms with E-state index < -0.39 is 0 Å². The van der Waals surface area contributed by atoms with Gasteiger partial charge in [-0.1, -0.05) is 12.1 Å². The first kappa shape index (κ1) is 36.9. The van der Waals surface area contributed by atoms with Crippen LogP contribution < -0.4 is 20.4 Å². The predicted molar refractivity (Wildman–Crippen MR) is 206 cm³/mol. The van der Waals surface area contributed by atoms with Crippen LogP contribution in [0.2, 0.25) is 0 Å². The van der Waals surface area contributed by atoms with Crippen molar-refractivity contribution in [3.63, 3.8) is 0 Å². The molecule has 4 aliphatic rings. The first-order valence-electron chi connectivity index (χ1n) is 19.5. The van der Waals surface area contributed by atoms with Gasteiger partial charge in [-0.2, -0.15) is 5.10 Å². The number of hydrogen-bond donors (Lipinski definition) is 1. The molecule has 2 amide bonds. The lowest BCUT2D eigenvalue weighted by Gasteiger charge is -2.45. The van der Waals surface area contributed by atoms with Gasteiger partial charge >= 0.3 is 7.12 Å². The Morgan fingerprint density at radius 3 is 2.33 bits per heavy atom. The van der Waals surface area contributed by atoms with E-state index in [9.17, 15) is 9.59 Å². The molecule has 52 heavy (non-hydrogen) atoms. The summed E-state index contributed by atoms with van der Waals surface area (Å²) in [5, 5.41) is 8.20. The summed E-state index contributed by atoms with van der Waals surface area (Å²) in [7, 11) is 1.55. The van der Waals surface area contributed by atoms with Crippen LogP contribution in [0.15, 0.2) is 36.4 Å². The van der Waals surface area contributed by atoms with Crippen molar-refractivity contribution in [2.45, 2.75) is 129 Å². The topological polar surface area (TPSA) is 98.2 Å². The third-order valence-electron chi connectivity index (χ3n) is 13.0. The molecule has 4 fully saturated rings. The van der Waals surface area contributed by atoms with Gasteiger partial charge in [-0.15, -0.1) is 0 Å². The molecule has 1 aliphatic carbocycles. The summed E-state index contributed by atoms with van der Waals surface area (Å²) < 4.78 is 21.2. The van der Waals surface area contributed by atoms with Gasteiger partial charge in [0.25, 0.3) is 0 Å². The lowest BCUT2D eigenvalue weighted by atomic mass is 9.76. The molecule has 0 bridgehead atoms. The van der Waals surface area contributed by atoms with E-state index in [0.717, 1.165) is 78.3 Å². The van der Waals surface area contributed by atoms with Gasteiger partial charge in [-0.25, -0.2) is 0 Å². The molecule has 280 valence electrons. The highest BCUT2D eigenvalue weighted by Gasteiger charge is 2.52. The monoisotopic (exact) mass is 711 g/mol. The maximum atomic E-state index is 12.6. The molecule has 3 aromatic rings. The molecule has 1 saturated carbocycles. The van der Waals surface area contributed by atoms with Gasteiger partial charge in [0.1, 0.15) is 5.75 Å². The zero-order chi connectivity index (χ0) is 37.0. The number of amides is 2. The fourth-order valence-electron chi connectivity index (χ4n) is 8.67. The summed E-state index contributed by atoms with van der Waals surface area (Å²) >= 11 is 0. The van der Waals surface area contributed by atoms with E-state index in [-0.39, 0.29) is 47.7 Å². The lowest BCUT2D eigenvalue weighted by Crippen LogP contribution is -2.54. The number of aryl methyl sites for hydroxylation is 1. The van der Waals surface area contributed by atoms with E-state index in [4.69, 9.17) is 19.1 Å². The quantitative estimate of drug-likeness (QED) is 0.213. The number of piperidine rings is 1. The third-order valence-corrected chi connectivity index (χ3v) is 13.0. The van der Waals surface area contributed by atoms with Crippen LogP contribution >= 0.6 is 0 Å². The van der Waals surface area contributed by atoms with E-state index in [1.165, 1.54) is 31.4 Å². The average molecular weight is 712 g/mol. The normalized spacial score (nSPS) is 25.5. The van der Waals surface area contributed by atoms with E-state index in [1.807, 2.05) is 11.7 Å². The maximum absolute atomic E-state index is 12.6. The molecule has 3 saturated heterocycles. The van der Waals surface area contributed by atoms with Crippen LogP contribution in [0.5, 0.6) is 5.75 Å². The first-order valence-corrected chi connectivity index (χ1v) is 19.5. The molecular weight excluding hydrogens is 653 g/mol. The summed E-state index contributed by atoms with van der Waals surface area (Å²) in [6.07, 6.45) is 8.18. The van der Waals surface area contributed by atoms with Gasteiger partial charge in [0.2, 0.25) is 11.8 Å². The van der Waals surface area contributed by atoms with E-state index in [2.05, 4.69) is 100.0 Å². The molecule has 1 N–H and O–H groups in total. The molecule has 10 nitrogen and oxygen atoms in total. The number of rotatable bonds is 9. The summed E-state index contributed by atoms with van der Waals surface area (Å²) in [5.41, 5.74) is 4.56. The highest BCUT2D eigenvalue weighted by atomic mass is 16.7. The zero-order valence-electron chi connectivity index (χ0n) is 32.6. The second kappa shape index (κ2) is 14.1. The summed E-state index contributed by atoms with van der Waals surface area (Å²) in [4.78, 5) is 29.4. The van der Waals surface area contributed by atoms with Gasteiger partial charge in [-0.05, 0) is 135 Å². The van der Waals surface area contributed by atoms with Gasteiger partial charge in [0.15, 0.2) is 0 Å². The second-order valence-electron chi connectivity index (χ2n) is 17.4. The fraction of sp³-hybridized carbons (Fsp3) is 0.634. The molecule has 4 heterocycles. The number of benzene rings is 2. The number of carbonyl (C=O) groups excluding carboxylic acids is 2. The Morgan fingerprint density at radius 2 is 1.65 bits per heavy atom. The number of nitrogens with zero attached hydrogens (tertiary/aromatic N) is 4. The molecule has 1 atom stereocenters. The number of piperazine rings is 1. The van der Waals surface area contributed by atoms with E-state index in [1.54, 1.807) is 0 Å². The van der Waals surface area contributed by atoms with Crippen LogP contribution in [-0.4, -0.2) is 82.6 Å². The Hall–Kier alpha value is -3.41. The van der Waals surface area contributed by atoms with Crippen molar-refractivity contribution in [3.8, 4) is 5.75 Å². The van der Waals surface area contributed by atoms with E-state index >= 15 is 0 Å². The zero-order valence-corrected chi connectivity index (χ0v) is 32.6. The minimum Gasteiger partial charge on any atom is -0.490 e. The average Bonchev–Trinajstić information content (AvgIpc) is 3.54. The Bertz CT molecular complexity index is 1790. The summed E-state index contributed by atoms with van der Waals surface area (Å²) in [6, 6.07) is 12.7. The van der Waals surface area contributed by atoms with Gasteiger partial charge in [-0.3, -0.25) is 24.5 Å². The standard InChI is InChI=1S/C41H58BN5O5/c1-27-33(42-51-40(4,5)41(6,7)52-42)10-9-11-35(27)50-30-15-12-28(13-16-30)20-21-39(2,3)47-24-22-46(23-25-47)29-14-17-31-34(26-29)45(8)44-37(31)32-18-19-36(48)43-38(32)49/h9-11,14,17,26,28,30,32H,12-13,15-16,18-25H2,1-8H3,(H,43,48,49)/t28-,30-,32?. The largest absolute Gasteiger partial charge is 0.495 e. The van der Waals surface area contributed by atoms with Gasteiger partial charge in [0.05, 0.1) is 34.4 Å². The number of hydrogen-bond acceptors (Lipinski definition) is 8. The highest BCUT2D eigenvalue weighted by Crippen LogP contribution is 2.39. The number of imide groups is 1. The van der Waals surface area contributed by atoms with E-state index in [0.29, 0.717) is 12.8 Å². The van der Waals surface area contributed by atoms with Crippen LogP contribution in [0.1, 0.15) is 110 Å². The minimum absolute atomic E-state index is 0.146. The molecule has 7 rings (SSSR count). The van der Waals surface area contributed by atoms with Crippen molar-refractivity contribution in [3.05, 3.63) is 47.7 Å². The molecule has 1 unspecified atom stereocenters. The van der Waals surface area contributed by atoms with Crippen LogP contribution in [0, 0.1) is 12.8 Å². The van der Waals surface area contributed by atoms with Crippen molar-refractivity contribution < 1.29 is 23.6 Å². The van der Waals surface area contributed by atoms with Crippen LogP contribution in [-0.2, 0) is 25.9 Å². The number of carbonyl (C=O) groups is 2. The Morgan fingerprint density at radius 1 is 0.962 bits per heavy atom. The molecular formula is C41H58BN5O5. The van der Waals surface area contributed by atoms with Crippen molar-refractivity contribution in [2.24, 2.45) is 13.0 Å². The van der Waals surface area contributed by atoms with Crippen molar-refractivity contribution in [1.82, 2.24) is 20.0 Å². The Kier molecular flexibility index (Phi) is 10.0. The minimum atomic E-state index is -0.386. The second-order valence-corrected chi connectivity index (χ2v) is 17.4. The molecule has 0 spiro atoms. The number of nitrogens with one attached hydrogen (secondary N) is 1. The third kappa shape index (κ3) is 7.25. The predicted octanol–water partition coefficient (Wildman–Crippen LogP) is 6.02. The van der Waals surface area contributed by atoms with Crippen molar-refractivity contribution >= 4 is 41.0 Å². The number of ether oxygens (including phenoxy) is 1. The number of anilines is 1. The van der Waals surface area contributed by atoms with Crippen molar-refractivity contribution in [2.75, 3.05) is 31.1 Å². The van der Waals surface area contributed by atoms with Gasteiger partial charge < -0.3 is 18.9 Å². The number of fused-ring (bicyclic) bond motifs is 1. The molecule has 11 heteroatoms. The molecule has 1 aromatic heterocycles. The van der Waals surface area contributed by atoms with Crippen LogP contribution in [0.4, 0.5) is 5.69 Å². The van der Waals surface area contributed by atoms with Crippen LogP contribution in [0.25, 0.3) is 10.9 Å². The lowest BCUT2D eigenvalue weighted by molar-refractivity contribution is -0.134. The van der Waals surface area contributed by atoms with Gasteiger partial charge in [0, 0.05) is 56.3 Å². The Balaban J connectivity index is 0.882. The molecule has 0 radical (unpaired) electrons. The number of aromatic nitrogens is 2. The Labute approximate surface area is 310 Å². The fourth-order valence-corrected chi connectivity index (χ4v) is 8.67. The highest BCUT2D eigenvalue weighted by molar-refractivity contribution is 6.62. The summed E-state index contributed by atoms with van der Waals surface area (Å²) in [5.74, 6) is 0.865. The van der Waals surface area contributed by atoms with Crippen LogP contribution in [0.3, 0.4) is 0 Å². The first-order chi connectivity index (χ1) is 24.6. The summed E-state index contributed by atoms with van der Waals surface area (Å²) in [6.45, 7) is 19.4. The SMILES string of the molecule is Cc1c(O[C@H]2CC[C@H](CCC(C)(C)N3CCN(c4ccc5c(C6CCC(=O)NC6=O)nn(C)c5c4)CC3)CC2)cccc1B1OC(C)(C)C(C)(C)O1.